The van der Waals surface area contributed by atoms with Gasteiger partial charge in [0, 0.05) is 0 Å². The number of aliphatic hydroxyl groups is 1. The molecule has 1 N–H and O–H groups in total. The van der Waals surface area contributed by atoms with Crippen LogP contribution in [0.3, 0.4) is 0 Å². The van der Waals surface area contributed by atoms with Crippen molar-refractivity contribution < 1.29 is 5.11 Å². The van der Waals surface area contributed by atoms with Crippen molar-refractivity contribution in [2.75, 3.05) is 0 Å². The average molecular weight is 242 g/mol. The molecule has 0 bridgehead atoms. The van der Waals surface area contributed by atoms with E-state index in [1.54, 1.807) is 0 Å². The summed E-state index contributed by atoms with van der Waals surface area (Å²) in [6, 6.07) is 0. The van der Waals surface area contributed by atoms with Gasteiger partial charge in [-0.05, 0) is 30.6 Å². The van der Waals surface area contributed by atoms with E-state index in [0.29, 0.717) is 5.41 Å². The van der Waals surface area contributed by atoms with Crippen LogP contribution in [-0.4, -0.2) is 11.2 Å². The molecule has 0 amide bonds. The lowest BCUT2D eigenvalue weighted by molar-refractivity contribution is 0.145. The molecule has 1 heteroatoms. The lowest BCUT2D eigenvalue weighted by Crippen LogP contribution is -2.08. The summed E-state index contributed by atoms with van der Waals surface area (Å²) in [6.45, 7) is 11.4. The predicted molar refractivity (Wildman–Crippen MR) is 77.2 cm³/mol. The molecule has 0 fully saturated rings. The molecule has 0 aliphatic rings. The zero-order chi connectivity index (χ0) is 13.3. The Morgan fingerprint density at radius 1 is 0.824 bits per heavy atom. The molecule has 1 unspecified atom stereocenters. The van der Waals surface area contributed by atoms with Gasteiger partial charge in [0.15, 0.2) is 0 Å². The fourth-order valence-electron chi connectivity index (χ4n) is 2.11. The monoisotopic (exact) mass is 242 g/mol. The van der Waals surface area contributed by atoms with Crippen LogP contribution in [-0.2, 0) is 0 Å². The lowest BCUT2D eigenvalue weighted by Gasteiger charge is -2.18. The highest BCUT2D eigenvalue weighted by molar-refractivity contribution is 4.63. The van der Waals surface area contributed by atoms with Crippen LogP contribution in [0.1, 0.15) is 86.0 Å². The van der Waals surface area contributed by atoms with E-state index >= 15 is 0 Å². The Morgan fingerprint density at radius 2 is 1.29 bits per heavy atom. The van der Waals surface area contributed by atoms with Gasteiger partial charge in [0.1, 0.15) is 0 Å². The fraction of sp³-hybridized carbons (Fsp3) is 1.00. The Kier molecular flexibility index (Phi) is 8.94. The molecule has 0 saturated heterocycles. The zero-order valence-corrected chi connectivity index (χ0v) is 12.8. The van der Waals surface area contributed by atoms with Gasteiger partial charge < -0.3 is 5.11 Å². The van der Waals surface area contributed by atoms with Gasteiger partial charge in [-0.1, -0.05) is 66.7 Å². The Balaban J connectivity index is 3.32. The standard InChI is InChI=1S/C16H34O/c1-14(2)10-6-7-11-15(17)12-8-9-13-16(3,4)5/h14-15,17H,6-13H2,1-5H3. The summed E-state index contributed by atoms with van der Waals surface area (Å²) in [7, 11) is 0. The van der Waals surface area contributed by atoms with Gasteiger partial charge in [-0.3, -0.25) is 0 Å². The number of unbranched alkanes of at least 4 members (excludes halogenated alkanes) is 2. The van der Waals surface area contributed by atoms with Crippen LogP contribution in [0, 0.1) is 11.3 Å². The maximum absolute atomic E-state index is 9.84. The molecule has 0 spiro atoms. The Hall–Kier alpha value is -0.0400. The van der Waals surface area contributed by atoms with Crippen LogP contribution >= 0.6 is 0 Å². The van der Waals surface area contributed by atoms with Gasteiger partial charge >= 0.3 is 0 Å². The summed E-state index contributed by atoms with van der Waals surface area (Å²) in [4.78, 5) is 0. The third kappa shape index (κ3) is 13.9. The van der Waals surface area contributed by atoms with Crippen LogP contribution in [0.5, 0.6) is 0 Å². The summed E-state index contributed by atoms with van der Waals surface area (Å²) in [6.07, 6.45) is 9.43. The maximum Gasteiger partial charge on any atom is 0.0540 e. The van der Waals surface area contributed by atoms with E-state index in [9.17, 15) is 5.11 Å². The largest absolute Gasteiger partial charge is 0.393 e. The quantitative estimate of drug-likeness (QED) is 0.553. The van der Waals surface area contributed by atoms with E-state index < -0.39 is 0 Å². The van der Waals surface area contributed by atoms with Crippen LogP contribution in [0.4, 0.5) is 0 Å². The van der Waals surface area contributed by atoms with Gasteiger partial charge in [0.2, 0.25) is 0 Å². The molecule has 1 atom stereocenters. The first kappa shape index (κ1) is 17.0. The molecule has 0 aromatic heterocycles. The van der Waals surface area contributed by atoms with Crippen molar-refractivity contribution in [3.63, 3.8) is 0 Å². The van der Waals surface area contributed by atoms with Crippen molar-refractivity contribution in [1.82, 2.24) is 0 Å². The van der Waals surface area contributed by atoms with Gasteiger partial charge in [-0.15, -0.1) is 0 Å². The second kappa shape index (κ2) is 8.97. The topological polar surface area (TPSA) is 20.2 Å². The summed E-state index contributed by atoms with van der Waals surface area (Å²) in [5.74, 6) is 0.805. The van der Waals surface area contributed by atoms with Gasteiger partial charge in [-0.25, -0.2) is 0 Å². The molecule has 0 aliphatic heterocycles. The third-order valence-electron chi connectivity index (χ3n) is 3.28. The molecule has 0 aromatic carbocycles. The molecule has 1 nitrogen and oxygen atoms in total. The molecule has 17 heavy (non-hydrogen) atoms. The Bertz CT molecular complexity index is 167. The Labute approximate surface area is 109 Å². The summed E-state index contributed by atoms with van der Waals surface area (Å²) in [5.41, 5.74) is 0.447. The Morgan fingerprint density at radius 3 is 1.76 bits per heavy atom. The fourth-order valence-corrected chi connectivity index (χ4v) is 2.11. The normalized spacial score (nSPS) is 14.3. The average Bonchev–Trinajstić information content (AvgIpc) is 2.18. The number of aliphatic hydroxyl groups excluding tert-OH is 1. The molecule has 0 rings (SSSR count). The van der Waals surface area contributed by atoms with Crippen molar-refractivity contribution in [2.45, 2.75) is 92.1 Å². The molecule has 0 aliphatic carbocycles. The first-order chi connectivity index (χ1) is 7.81. The number of rotatable bonds is 9. The minimum absolute atomic E-state index is 0.0536. The first-order valence-electron chi connectivity index (χ1n) is 7.49. The van der Waals surface area contributed by atoms with E-state index in [-0.39, 0.29) is 6.10 Å². The van der Waals surface area contributed by atoms with Crippen molar-refractivity contribution in [2.24, 2.45) is 11.3 Å². The maximum atomic E-state index is 9.84. The SMILES string of the molecule is CC(C)CCCCC(O)CCCCC(C)(C)C. The van der Waals surface area contributed by atoms with Crippen molar-refractivity contribution in [3.8, 4) is 0 Å². The minimum Gasteiger partial charge on any atom is -0.393 e. The van der Waals surface area contributed by atoms with Crippen molar-refractivity contribution >= 4 is 0 Å². The highest BCUT2D eigenvalue weighted by atomic mass is 16.3. The molecular weight excluding hydrogens is 208 g/mol. The van der Waals surface area contributed by atoms with Crippen molar-refractivity contribution in [1.29, 1.82) is 0 Å². The van der Waals surface area contributed by atoms with Crippen LogP contribution < -0.4 is 0 Å². The van der Waals surface area contributed by atoms with E-state index in [1.165, 1.54) is 38.5 Å². The summed E-state index contributed by atoms with van der Waals surface area (Å²) < 4.78 is 0. The first-order valence-corrected chi connectivity index (χ1v) is 7.49. The van der Waals surface area contributed by atoms with Gasteiger partial charge in [-0.2, -0.15) is 0 Å². The summed E-state index contributed by atoms with van der Waals surface area (Å²) in [5, 5.41) is 9.84. The van der Waals surface area contributed by atoms with E-state index in [2.05, 4.69) is 34.6 Å². The highest BCUT2D eigenvalue weighted by Crippen LogP contribution is 2.22. The number of hydrogen-bond donors (Lipinski definition) is 1. The van der Waals surface area contributed by atoms with Crippen molar-refractivity contribution in [3.05, 3.63) is 0 Å². The van der Waals surface area contributed by atoms with Crippen LogP contribution in [0.15, 0.2) is 0 Å². The lowest BCUT2D eigenvalue weighted by atomic mass is 9.89. The molecule has 0 heterocycles. The molecule has 0 radical (unpaired) electrons. The second-order valence-corrected chi connectivity index (χ2v) is 7.14. The highest BCUT2D eigenvalue weighted by Gasteiger charge is 2.10. The molecular formula is C16H34O. The van der Waals surface area contributed by atoms with E-state index in [4.69, 9.17) is 0 Å². The van der Waals surface area contributed by atoms with E-state index in [1.807, 2.05) is 0 Å². The number of hydrogen-bond acceptors (Lipinski definition) is 1. The van der Waals surface area contributed by atoms with Crippen LogP contribution in [0.25, 0.3) is 0 Å². The third-order valence-corrected chi connectivity index (χ3v) is 3.28. The molecule has 104 valence electrons. The predicted octanol–water partition coefficient (Wildman–Crippen LogP) is 5.17. The van der Waals surface area contributed by atoms with Gasteiger partial charge in [0.25, 0.3) is 0 Å². The smallest absolute Gasteiger partial charge is 0.0540 e. The molecule has 0 saturated carbocycles. The molecule has 0 aromatic rings. The van der Waals surface area contributed by atoms with E-state index in [0.717, 1.165) is 18.8 Å². The zero-order valence-electron chi connectivity index (χ0n) is 12.8. The second-order valence-electron chi connectivity index (χ2n) is 7.14. The van der Waals surface area contributed by atoms with Crippen LogP contribution in [0.2, 0.25) is 0 Å². The summed E-state index contributed by atoms with van der Waals surface area (Å²) >= 11 is 0. The minimum atomic E-state index is -0.0536. The van der Waals surface area contributed by atoms with Gasteiger partial charge in [0.05, 0.1) is 6.10 Å².